The number of rotatable bonds is 6. The van der Waals surface area contributed by atoms with E-state index in [9.17, 15) is 0 Å². The number of likely N-dealkylation sites (N-methyl/N-ethyl adjacent to an activating group) is 1. The first kappa shape index (κ1) is 13.2. The Hall–Kier alpha value is -0.900. The van der Waals surface area contributed by atoms with Gasteiger partial charge in [-0.2, -0.15) is 0 Å². The SMILES string of the molecule is COCCN(C)C(CN)c1ccccc1C. The Bertz CT molecular complexity index is 315. The maximum Gasteiger partial charge on any atom is 0.0589 e. The second kappa shape index (κ2) is 6.63. The summed E-state index contributed by atoms with van der Waals surface area (Å²) in [7, 11) is 3.81. The number of hydrogen-bond donors (Lipinski definition) is 1. The predicted molar refractivity (Wildman–Crippen MR) is 67.5 cm³/mol. The zero-order valence-corrected chi connectivity index (χ0v) is 10.4. The summed E-state index contributed by atoms with van der Waals surface area (Å²) in [6.45, 7) is 4.39. The van der Waals surface area contributed by atoms with Crippen LogP contribution in [0.15, 0.2) is 24.3 Å². The van der Waals surface area contributed by atoms with Crippen LogP contribution in [0.4, 0.5) is 0 Å². The quantitative estimate of drug-likeness (QED) is 0.794. The fourth-order valence-corrected chi connectivity index (χ4v) is 1.90. The van der Waals surface area contributed by atoms with Gasteiger partial charge in [0.2, 0.25) is 0 Å². The van der Waals surface area contributed by atoms with Gasteiger partial charge in [0, 0.05) is 26.2 Å². The summed E-state index contributed by atoms with van der Waals surface area (Å²) >= 11 is 0. The zero-order valence-electron chi connectivity index (χ0n) is 10.4. The lowest BCUT2D eigenvalue weighted by atomic mass is 10.0. The highest BCUT2D eigenvalue weighted by Gasteiger charge is 2.16. The molecule has 1 atom stereocenters. The molecule has 0 fully saturated rings. The topological polar surface area (TPSA) is 38.5 Å². The smallest absolute Gasteiger partial charge is 0.0589 e. The molecule has 16 heavy (non-hydrogen) atoms. The first-order valence-corrected chi connectivity index (χ1v) is 5.65. The molecule has 0 spiro atoms. The van der Waals surface area contributed by atoms with Crippen molar-refractivity contribution < 1.29 is 4.74 Å². The lowest BCUT2D eigenvalue weighted by molar-refractivity contribution is 0.140. The molecule has 0 aliphatic rings. The summed E-state index contributed by atoms with van der Waals surface area (Å²) in [5, 5.41) is 0. The molecule has 3 nitrogen and oxygen atoms in total. The second-order valence-electron chi connectivity index (χ2n) is 4.08. The van der Waals surface area contributed by atoms with E-state index in [0.29, 0.717) is 6.54 Å². The van der Waals surface area contributed by atoms with Gasteiger partial charge in [0.15, 0.2) is 0 Å². The molecular formula is C13H22N2O. The van der Waals surface area contributed by atoms with Crippen molar-refractivity contribution in [3.05, 3.63) is 35.4 Å². The van der Waals surface area contributed by atoms with E-state index >= 15 is 0 Å². The summed E-state index contributed by atoms with van der Waals surface area (Å²) in [6, 6.07) is 8.67. The second-order valence-corrected chi connectivity index (χ2v) is 4.08. The molecule has 1 aromatic rings. The molecule has 1 rings (SSSR count). The van der Waals surface area contributed by atoms with Crippen LogP contribution >= 0.6 is 0 Å². The number of nitrogens with two attached hydrogens (primary N) is 1. The number of nitrogens with zero attached hydrogens (tertiary/aromatic N) is 1. The third-order valence-electron chi connectivity index (χ3n) is 2.95. The average Bonchev–Trinajstić information content (AvgIpc) is 2.30. The van der Waals surface area contributed by atoms with E-state index in [1.54, 1.807) is 7.11 Å². The molecule has 0 saturated carbocycles. The molecule has 0 bridgehead atoms. The van der Waals surface area contributed by atoms with Crippen LogP contribution in [0.5, 0.6) is 0 Å². The zero-order chi connectivity index (χ0) is 12.0. The molecule has 90 valence electrons. The van der Waals surface area contributed by atoms with E-state index in [-0.39, 0.29) is 6.04 Å². The lowest BCUT2D eigenvalue weighted by Crippen LogP contribution is -2.33. The van der Waals surface area contributed by atoms with Gasteiger partial charge >= 0.3 is 0 Å². The highest BCUT2D eigenvalue weighted by Crippen LogP contribution is 2.21. The molecule has 0 aromatic heterocycles. The van der Waals surface area contributed by atoms with Crippen LogP contribution in [0.1, 0.15) is 17.2 Å². The molecule has 3 heteroatoms. The van der Waals surface area contributed by atoms with Crippen molar-refractivity contribution in [3.8, 4) is 0 Å². The minimum Gasteiger partial charge on any atom is -0.383 e. The van der Waals surface area contributed by atoms with Crippen molar-refractivity contribution >= 4 is 0 Å². The average molecular weight is 222 g/mol. The molecule has 0 amide bonds. The van der Waals surface area contributed by atoms with Gasteiger partial charge in [-0.1, -0.05) is 24.3 Å². The highest BCUT2D eigenvalue weighted by molar-refractivity contribution is 5.29. The summed E-state index contributed by atoms with van der Waals surface area (Å²) in [5.74, 6) is 0. The molecule has 1 unspecified atom stereocenters. The number of aryl methyl sites for hydroxylation is 1. The van der Waals surface area contributed by atoms with Gasteiger partial charge in [0.1, 0.15) is 0 Å². The van der Waals surface area contributed by atoms with Crippen molar-refractivity contribution in [2.75, 3.05) is 33.9 Å². The molecule has 1 aromatic carbocycles. The van der Waals surface area contributed by atoms with Crippen molar-refractivity contribution in [1.82, 2.24) is 4.90 Å². The van der Waals surface area contributed by atoms with E-state index in [2.05, 4.69) is 43.1 Å². The molecular weight excluding hydrogens is 200 g/mol. The Kier molecular flexibility index (Phi) is 5.46. The first-order valence-electron chi connectivity index (χ1n) is 5.65. The van der Waals surface area contributed by atoms with Gasteiger partial charge in [-0.15, -0.1) is 0 Å². The lowest BCUT2D eigenvalue weighted by Gasteiger charge is -2.28. The fourth-order valence-electron chi connectivity index (χ4n) is 1.90. The van der Waals surface area contributed by atoms with Crippen molar-refractivity contribution in [2.45, 2.75) is 13.0 Å². The Morgan fingerprint density at radius 1 is 1.38 bits per heavy atom. The first-order chi connectivity index (χ1) is 7.70. The maximum atomic E-state index is 5.86. The molecule has 0 radical (unpaired) electrons. The van der Waals surface area contributed by atoms with Gasteiger partial charge in [0.25, 0.3) is 0 Å². The largest absolute Gasteiger partial charge is 0.383 e. The van der Waals surface area contributed by atoms with Gasteiger partial charge in [0.05, 0.1) is 6.61 Å². The molecule has 0 aliphatic heterocycles. The van der Waals surface area contributed by atoms with Crippen LogP contribution < -0.4 is 5.73 Å². The Morgan fingerprint density at radius 3 is 2.62 bits per heavy atom. The van der Waals surface area contributed by atoms with Crippen LogP contribution in [0, 0.1) is 6.92 Å². The van der Waals surface area contributed by atoms with Crippen molar-refractivity contribution in [2.24, 2.45) is 5.73 Å². The summed E-state index contributed by atoms with van der Waals surface area (Å²) in [4.78, 5) is 2.24. The number of methoxy groups -OCH3 is 1. The van der Waals surface area contributed by atoms with E-state index < -0.39 is 0 Å². The van der Waals surface area contributed by atoms with Gasteiger partial charge in [-0.25, -0.2) is 0 Å². The molecule has 0 heterocycles. The standard InChI is InChI=1S/C13H22N2O/c1-11-6-4-5-7-12(11)13(10-14)15(2)8-9-16-3/h4-7,13H,8-10,14H2,1-3H3. The third-order valence-corrected chi connectivity index (χ3v) is 2.95. The summed E-state index contributed by atoms with van der Waals surface area (Å²) in [5.41, 5.74) is 8.47. The Labute approximate surface area is 98.2 Å². The minimum absolute atomic E-state index is 0.274. The Balaban J connectivity index is 2.77. The summed E-state index contributed by atoms with van der Waals surface area (Å²) in [6.07, 6.45) is 0. The molecule has 2 N–H and O–H groups in total. The molecule has 0 aliphatic carbocycles. The molecule has 0 saturated heterocycles. The maximum absolute atomic E-state index is 5.86. The van der Waals surface area contributed by atoms with Crippen LogP contribution in [-0.4, -0.2) is 38.8 Å². The summed E-state index contributed by atoms with van der Waals surface area (Å²) < 4.78 is 5.09. The normalized spacial score (nSPS) is 13.1. The van der Waals surface area contributed by atoms with Gasteiger partial charge in [-0.05, 0) is 25.1 Å². The Morgan fingerprint density at radius 2 is 2.06 bits per heavy atom. The van der Waals surface area contributed by atoms with Crippen LogP contribution in [0.25, 0.3) is 0 Å². The van der Waals surface area contributed by atoms with E-state index in [4.69, 9.17) is 10.5 Å². The number of hydrogen-bond acceptors (Lipinski definition) is 3. The van der Waals surface area contributed by atoms with Crippen LogP contribution in [0.3, 0.4) is 0 Å². The number of ether oxygens (including phenoxy) is 1. The predicted octanol–water partition coefficient (Wildman–Crippen LogP) is 1.57. The third kappa shape index (κ3) is 3.30. The van der Waals surface area contributed by atoms with E-state index in [1.807, 2.05) is 0 Å². The van der Waals surface area contributed by atoms with Crippen molar-refractivity contribution in [1.29, 1.82) is 0 Å². The minimum atomic E-state index is 0.274. The van der Waals surface area contributed by atoms with E-state index in [0.717, 1.165) is 13.2 Å². The van der Waals surface area contributed by atoms with Gasteiger partial charge in [-0.3, -0.25) is 4.90 Å². The highest BCUT2D eigenvalue weighted by atomic mass is 16.5. The number of benzene rings is 1. The van der Waals surface area contributed by atoms with E-state index in [1.165, 1.54) is 11.1 Å². The van der Waals surface area contributed by atoms with Gasteiger partial charge < -0.3 is 10.5 Å². The van der Waals surface area contributed by atoms with Crippen LogP contribution in [-0.2, 0) is 4.74 Å². The monoisotopic (exact) mass is 222 g/mol. The fraction of sp³-hybridized carbons (Fsp3) is 0.538. The van der Waals surface area contributed by atoms with Crippen LogP contribution in [0.2, 0.25) is 0 Å². The van der Waals surface area contributed by atoms with Crippen molar-refractivity contribution in [3.63, 3.8) is 0 Å².